The molecule has 2 heterocycles. The number of rotatable bonds is 7. The number of imidazole rings is 1. The van der Waals surface area contributed by atoms with Crippen molar-refractivity contribution >= 4 is 22.8 Å². The predicted molar refractivity (Wildman–Crippen MR) is 122 cm³/mol. The van der Waals surface area contributed by atoms with Crippen LogP contribution in [0.25, 0.3) is 11.0 Å². The summed E-state index contributed by atoms with van der Waals surface area (Å²) >= 11 is 0. The van der Waals surface area contributed by atoms with Gasteiger partial charge in [-0.2, -0.15) is 0 Å². The minimum atomic E-state index is -0.646. The number of aliphatic hydroxyl groups excluding tert-OH is 1. The first-order chi connectivity index (χ1) is 15.4. The lowest BCUT2D eigenvalue weighted by Gasteiger charge is -2.34. The molecule has 8 nitrogen and oxygen atoms in total. The molecule has 0 bridgehead atoms. The number of nitrogens with zero attached hydrogens (tertiary/aromatic N) is 3. The van der Waals surface area contributed by atoms with Gasteiger partial charge in [0, 0.05) is 32.7 Å². The van der Waals surface area contributed by atoms with Crippen LogP contribution in [0.5, 0.6) is 0 Å². The van der Waals surface area contributed by atoms with E-state index in [0.717, 1.165) is 30.4 Å². The molecule has 1 aromatic heterocycles. The second-order valence-electron chi connectivity index (χ2n) is 9.44. The van der Waals surface area contributed by atoms with Crippen LogP contribution in [0.2, 0.25) is 0 Å². The molecule has 1 aliphatic carbocycles. The fourth-order valence-electron chi connectivity index (χ4n) is 5.39. The first-order valence-electron chi connectivity index (χ1n) is 11.7. The number of nitrogens with one attached hydrogen (secondary N) is 1. The minimum absolute atomic E-state index is 0.224. The van der Waals surface area contributed by atoms with Crippen LogP contribution in [-0.4, -0.2) is 57.2 Å². The van der Waals surface area contributed by atoms with Gasteiger partial charge in [0.1, 0.15) is 6.04 Å². The van der Waals surface area contributed by atoms with Crippen LogP contribution in [0.3, 0.4) is 0 Å². The smallest absolute Gasteiger partial charge is 0.329 e. The van der Waals surface area contributed by atoms with Crippen LogP contribution >= 0.6 is 0 Å². The molecule has 2 N–H and O–H groups in total. The lowest BCUT2D eigenvalue weighted by Crippen LogP contribution is -2.44. The van der Waals surface area contributed by atoms with Gasteiger partial charge in [0.15, 0.2) is 0 Å². The van der Waals surface area contributed by atoms with E-state index in [9.17, 15) is 14.4 Å². The first kappa shape index (κ1) is 22.7. The number of benzene rings is 1. The minimum Gasteiger partial charge on any atom is -0.396 e. The number of piperidine rings is 1. The molecule has 1 saturated heterocycles. The van der Waals surface area contributed by atoms with Gasteiger partial charge in [0.05, 0.1) is 11.0 Å². The fourth-order valence-corrected chi connectivity index (χ4v) is 5.39. The number of carbonyl (C=O) groups is 2. The van der Waals surface area contributed by atoms with Crippen molar-refractivity contribution in [2.45, 2.75) is 63.5 Å². The number of imide groups is 1. The van der Waals surface area contributed by atoms with Crippen LogP contribution in [0.1, 0.15) is 56.6 Å². The number of amides is 2. The molecule has 0 spiro atoms. The van der Waals surface area contributed by atoms with Crippen LogP contribution in [0.15, 0.2) is 23.0 Å². The third-order valence-electron chi connectivity index (χ3n) is 7.31. The predicted octanol–water partition coefficient (Wildman–Crippen LogP) is 1.73. The van der Waals surface area contributed by atoms with E-state index < -0.39 is 11.9 Å². The topological polar surface area (TPSA) is 96.6 Å². The Morgan fingerprint density at radius 3 is 2.53 bits per heavy atom. The lowest BCUT2D eigenvalue weighted by molar-refractivity contribution is -0.135. The zero-order chi connectivity index (χ0) is 22.8. The van der Waals surface area contributed by atoms with Crippen molar-refractivity contribution < 1.29 is 14.7 Å². The number of aliphatic hydroxyl groups is 1. The summed E-state index contributed by atoms with van der Waals surface area (Å²) in [5.41, 5.74) is 2.56. The van der Waals surface area contributed by atoms with Gasteiger partial charge >= 0.3 is 5.69 Å². The van der Waals surface area contributed by atoms with Crippen molar-refractivity contribution in [1.29, 1.82) is 0 Å². The van der Waals surface area contributed by atoms with Crippen molar-refractivity contribution in [3.63, 3.8) is 0 Å². The molecule has 2 aliphatic rings. The molecule has 1 atom stereocenters. The third kappa shape index (κ3) is 4.52. The Bertz CT molecular complexity index is 1050. The lowest BCUT2D eigenvalue weighted by atomic mass is 9.82. The summed E-state index contributed by atoms with van der Waals surface area (Å²) in [4.78, 5) is 39.2. The zero-order valence-corrected chi connectivity index (χ0v) is 19.0. The van der Waals surface area contributed by atoms with Crippen molar-refractivity contribution in [3.8, 4) is 0 Å². The van der Waals surface area contributed by atoms with Crippen LogP contribution < -0.4 is 11.0 Å². The van der Waals surface area contributed by atoms with E-state index >= 15 is 0 Å². The summed E-state index contributed by atoms with van der Waals surface area (Å²) in [5, 5.41) is 11.4. The largest absolute Gasteiger partial charge is 0.396 e. The molecule has 1 unspecified atom stereocenters. The van der Waals surface area contributed by atoms with Gasteiger partial charge in [-0.05, 0) is 75.6 Å². The maximum Gasteiger partial charge on any atom is 0.329 e. The molecule has 2 amide bonds. The van der Waals surface area contributed by atoms with E-state index in [4.69, 9.17) is 5.11 Å². The Kier molecular flexibility index (Phi) is 6.81. The van der Waals surface area contributed by atoms with Crippen LogP contribution in [-0.2, 0) is 23.1 Å². The number of hydrogen-bond donors (Lipinski definition) is 2. The molecule has 0 radical (unpaired) electrons. The summed E-state index contributed by atoms with van der Waals surface area (Å²) in [6.07, 6.45) is 7.13. The molecule has 1 aliphatic heterocycles. The summed E-state index contributed by atoms with van der Waals surface area (Å²) in [5.74, 6) is -0.0547. The van der Waals surface area contributed by atoms with Gasteiger partial charge in [0.2, 0.25) is 11.8 Å². The van der Waals surface area contributed by atoms with Crippen LogP contribution in [0, 0.1) is 5.92 Å². The van der Waals surface area contributed by atoms with Gasteiger partial charge < -0.3 is 10.0 Å². The van der Waals surface area contributed by atoms with E-state index in [2.05, 4.69) is 29.4 Å². The molecule has 4 rings (SSSR count). The Balaban J connectivity index is 1.47. The van der Waals surface area contributed by atoms with Gasteiger partial charge in [-0.25, -0.2) is 4.79 Å². The van der Waals surface area contributed by atoms with E-state index in [-0.39, 0.29) is 24.6 Å². The van der Waals surface area contributed by atoms with Gasteiger partial charge in [-0.1, -0.05) is 6.07 Å². The van der Waals surface area contributed by atoms with Crippen molar-refractivity contribution in [3.05, 3.63) is 34.2 Å². The number of fused-ring (bicyclic) bond motifs is 1. The molecule has 174 valence electrons. The number of aryl methyl sites for hydroxylation is 1. The standard InChI is InChI=1S/C24H34N4O4/c1-26(12-3-13-29)18-7-4-16(5-8-18)14-17-6-9-19-21(15-17)27(2)24(32)28(19)20-10-11-22(30)25-23(20)31/h6,9,15-16,18,20,29H,3-5,7-8,10-14H2,1-2H3,(H,25,30,31). The summed E-state index contributed by atoms with van der Waals surface area (Å²) in [6.45, 7) is 1.19. The SMILES string of the molecule is CN(CCCO)C1CCC(Cc2ccc3c(c2)n(C)c(=O)n3C2CCC(=O)NC2=O)CC1. The second-order valence-corrected chi connectivity index (χ2v) is 9.44. The second kappa shape index (κ2) is 9.58. The normalized spacial score (nSPS) is 24.3. The van der Waals surface area contributed by atoms with Crippen molar-refractivity contribution in [2.24, 2.45) is 13.0 Å². The quantitative estimate of drug-likeness (QED) is 0.637. The van der Waals surface area contributed by atoms with E-state index in [1.54, 1.807) is 11.6 Å². The number of carbonyl (C=O) groups excluding carboxylic acids is 2. The number of hydrogen-bond acceptors (Lipinski definition) is 5. The first-order valence-corrected chi connectivity index (χ1v) is 11.7. The molecule has 1 aromatic carbocycles. The molecule has 2 fully saturated rings. The average Bonchev–Trinajstić information content (AvgIpc) is 3.03. The summed E-state index contributed by atoms with van der Waals surface area (Å²) in [7, 11) is 3.90. The van der Waals surface area contributed by atoms with E-state index in [1.807, 2.05) is 6.07 Å². The van der Waals surface area contributed by atoms with Gasteiger partial charge in [0.25, 0.3) is 0 Å². The summed E-state index contributed by atoms with van der Waals surface area (Å²) in [6, 6.07) is 6.06. The third-order valence-corrected chi connectivity index (χ3v) is 7.31. The molecular formula is C24H34N4O4. The average molecular weight is 443 g/mol. The van der Waals surface area contributed by atoms with Crippen LogP contribution in [0.4, 0.5) is 0 Å². The summed E-state index contributed by atoms with van der Waals surface area (Å²) < 4.78 is 3.14. The molecule has 2 aromatic rings. The van der Waals surface area contributed by atoms with Gasteiger partial charge in [-0.15, -0.1) is 0 Å². The molecular weight excluding hydrogens is 408 g/mol. The van der Waals surface area contributed by atoms with Gasteiger partial charge in [-0.3, -0.25) is 24.0 Å². The Morgan fingerprint density at radius 1 is 1.09 bits per heavy atom. The fraction of sp³-hybridized carbons (Fsp3) is 0.625. The van der Waals surface area contributed by atoms with Crippen molar-refractivity contribution in [1.82, 2.24) is 19.4 Å². The number of aromatic nitrogens is 2. The molecule has 32 heavy (non-hydrogen) atoms. The maximum atomic E-state index is 12.9. The Labute approximate surface area is 188 Å². The highest BCUT2D eigenvalue weighted by Crippen LogP contribution is 2.31. The molecule has 1 saturated carbocycles. The zero-order valence-electron chi connectivity index (χ0n) is 19.0. The van der Waals surface area contributed by atoms with Crippen molar-refractivity contribution in [2.75, 3.05) is 20.2 Å². The Hall–Kier alpha value is -2.45. The molecule has 8 heteroatoms. The van der Waals surface area contributed by atoms with E-state index in [0.29, 0.717) is 18.4 Å². The highest BCUT2D eigenvalue weighted by Gasteiger charge is 2.31. The monoisotopic (exact) mass is 442 g/mol. The Morgan fingerprint density at radius 2 is 1.84 bits per heavy atom. The maximum absolute atomic E-state index is 12.9. The highest BCUT2D eigenvalue weighted by atomic mass is 16.3. The van der Waals surface area contributed by atoms with E-state index in [1.165, 1.54) is 35.8 Å². The highest BCUT2D eigenvalue weighted by molar-refractivity contribution is 6.00.